The van der Waals surface area contributed by atoms with E-state index in [-0.39, 0.29) is 5.82 Å². The molecule has 4 heteroatoms. The number of halogens is 4. The van der Waals surface area contributed by atoms with Gasteiger partial charge in [0.15, 0.2) is 0 Å². The minimum absolute atomic E-state index is 0.345. The van der Waals surface area contributed by atoms with Crippen molar-refractivity contribution in [2.24, 2.45) is 0 Å². The Morgan fingerprint density at radius 3 is 2.50 bits per heavy atom. The summed E-state index contributed by atoms with van der Waals surface area (Å²) in [6.07, 6.45) is 0.567. The van der Waals surface area contributed by atoms with Crippen molar-refractivity contribution in [2.75, 3.05) is 0 Å². The predicted molar refractivity (Wildman–Crippen MR) is 77.9 cm³/mol. The lowest BCUT2D eigenvalue weighted by Gasteiger charge is -2.12. The normalized spacial score (nSPS) is 12.4. The first-order chi connectivity index (χ1) is 8.58. The Bertz CT molecular complexity index is 543. The van der Waals surface area contributed by atoms with Crippen LogP contribution in [0.4, 0.5) is 4.39 Å². The highest BCUT2D eigenvalue weighted by molar-refractivity contribution is 9.10. The van der Waals surface area contributed by atoms with Crippen LogP contribution in [-0.4, -0.2) is 0 Å². The van der Waals surface area contributed by atoms with Gasteiger partial charge in [-0.15, -0.1) is 11.6 Å². The molecule has 2 rings (SSSR count). The first kappa shape index (κ1) is 13.9. The molecule has 0 spiro atoms. The van der Waals surface area contributed by atoms with E-state index in [9.17, 15) is 4.39 Å². The van der Waals surface area contributed by atoms with Gasteiger partial charge in [0.25, 0.3) is 0 Å². The second-order valence-electron chi connectivity index (χ2n) is 3.95. The van der Waals surface area contributed by atoms with Crippen LogP contribution in [0.2, 0.25) is 5.02 Å². The van der Waals surface area contributed by atoms with Crippen LogP contribution in [0.25, 0.3) is 0 Å². The van der Waals surface area contributed by atoms with E-state index in [0.717, 1.165) is 5.56 Å². The quantitative estimate of drug-likeness (QED) is 0.488. The highest BCUT2D eigenvalue weighted by Gasteiger charge is 2.15. The summed E-state index contributed by atoms with van der Waals surface area (Å²) in [6, 6.07) is 12.7. The van der Waals surface area contributed by atoms with E-state index in [1.54, 1.807) is 6.07 Å². The first-order valence-corrected chi connectivity index (χ1v) is 7.01. The molecule has 18 heavy (non-hydrogen) atoms. The number of rotatable bonds is 3. The summed E-state index contributed by atoms with van der Waals surface area (Å²) < 4.78 is 14.3. The van der Waals surface area contributed by atoms with Gasteiger partial charge in [-0.05, 0) is 40.0 Å². The second-order valence-corrected chi connectivity index (χ2v) is 5.73. The predicted octanol–water partition coefficient (Wildman–Crippen LogP) is 5.76. The van der Waals surface area contributed by atoms with E-state index in [0.29, 0.717) is 21.5 Å². The van der Waals surface area contributed by atoms with Gasteiger partial charge in [-0.2, -0.15) is 0 Å². The zero-order valence-electron chi connectivity index (χ0n) is 9.34. The Morgan fingerprint density at radius 2 is 1.83 bits per heavy atom. The minimum atomic E-state index is -0.432. The van der Waals surface area contributed by atoms with Gasteiger partial charge in [0.2, 0.25) is 0 Å². The van der Waals surface area contributed by atoms with Gasteiger partial charge in [0, 0.05) is 10.0 Å². The molecule has 1 unspecified atom stereocenters. The standard InChI is InChI=1S/C14H10BrCl2F/c15-11-8-14(18)10(7-13(11)17)12(16)6-9-4-2-1-3-5-9/h1-5,7-8,12H,6H2. The molecule has 0 bridgehead atoms. The molecule has 0 radical (unpaired) electrons. The lowest BCUT2D eigenvalue weighted by molar-refractivity contribution is 0.605. The maximum Gasteiger partial charge on any atom is 0.129 e. The molecule has 1 atom stereocenters. The molecule has 0 heterocycles. The molecule has 0 aliphatic carbocycles. The van der Waals surface area contributed by atoms with E-state index in [1.807, 2.05) is 30.3 Å². The highest BCUT2D eigenvalue weighted by Crippen LogP contribution is 2.33. The number of benzene rings is 2. The van der Waals surface area contributed by atoms with Crippen LogP contribution in [0, 0.1) is 5.82 Å². The van der Waals surface area contributed by atoms with Gasteiger partial charge in [-0.25, -0.2) is 4.39 Å². The SMILES string of the molecule is Fc1cc(Br)c(Cl)cc1C(Cl)Cc1ccccc1. The van der Waals surface area contributed by atoms with E-state index in [4.69, 9.17) is 23.2 Å². The molecule has 0 aromatic heterocycles. The summed E-state index contributed by atoms with van der Waals surface area (Å²) in [5.41, 5.74) is 1.49. The molecule has 94 valence electrons. The Morgan fingerprint density at radius 1 is 1.17 bits per heavy atom. The molecule has 0 amide bonds. The van der Waals surface area contributed by atoms with E-state index in [2.05, 4.69) is 15.9 Å². The van der Waals surface area contributed by atoms with Crippen molar-refractivity contribution in [3.8, 4) is 0 Å². The van der Waals surface area contributed by atoms with E-state index >= 15 is 0 Å². The van der Waals surface area contributed by atoms with Crippen LogP contribution in [-0.2, 0) is 6.42 Å². The number of hydrogen-bond acceptors (Lipinski definition) is 0. The third-order valence-electron chi connectivity index (χ3n) is 2.63. The fourth-order valence-corrected chi connectivity index (χ4v) is 2.54. The lowest BCUT2D eigenvalue weighted by atomic mass is 10.0. The largest absolute Gasteiger partial charge is 0.207 e. The Labute approximate surface area is 124 Å². The summed E-state index contributed by atoms with van der Waals surface area (Å²) in [5, 5.41) is 0.0307. The Hall–Kier alpha value is -0.570. The zero-order chi connectivity index (χ0) is 13.1. The fraction of sp³-hybridized carbons (Fsp3) is 0.143. The lowest BCUT2D eigenvalue weighted by Crippen LogP contribution is -1.99. The maximum atomic E-state index is 13.8. The van der Waals surface area contributed by atoms with E-state index in [1.165, 1.54) is 6.07 Å². The summed E-state index contributed by atoms with van der Waals surface area (Å²) >= 11 is 15.4. The maximum absolute atomic E-state index is 13.8. The van der Waals surface area contributed by atoms with Crippen LogP contribution in [0.1, 0.15) is 16.5 Å². The van der Waals surface area contributed by atoms with Gasteiger partial charge in [0.1, 0.15) is 5.82 Å². The van der Waals surface area contributed by atoms with Gasteiger partial charge >= 0.3 is 0 Å². The van der Waals surface area contributed by atoms with Crippen LogP contribution in [0.15, 0.2) is 46.9 Å². The summed E-state index contributed by atoms with van der Waals surface area (Å²) in [7, 11) is 0. The molecule has 2 aromatic rings. The van der Waals surface area contributed by atoms with E-state index < -0.39 is 5.38 Å². The summed E-state index contributed by atoms with van der Waals surface area (Å²) in [4.78, 5) is 0. The fourth-order valence-electron chi connectivity index (χ4n) is 1.71. The van der Waals surface area contributed by atoms with Crippen LogP contribution >= 0.6 is 39.1 Å². The van der Waals surface area contributed by atoms with Gasteiger partial charge in [-0.3, -0.25) is 0 Å². The molecule has 0 aliphatic heterocycles. The summed E-state index contributed by atoms with van der Waals surface area (Å²) in [6.45, 7) is 0. The topological polar surface area (TPSA) is 0 Å². The average molecular weight is 348 g/mol. The molecule has 2 aromatic carbocycles. The molecule has 0 N–H and O–H groups in total. The highest BCUT2D eigenvalue weighted by atomic mass is 79.9. The molecule has 0 fully saturated rings. The van der Waals surface area contributed by atoms with Crippen LogP contribution in [0.3, 0.4) is 0 Å². The van der Waals surface area contributed by atoms with Crippen molar-refractivity contribution in [3.05, 3.63) is 68.9 Å². The molecule has 0 nitrogen and oxygen atoms in total. The Balaban J connectivity index is 2.24. The van der Waals surface area contributed by atoms with Gasteiger partial charge in [0.05, 0.1) is 10.4 Å². The molecule has 0 aliphatic rings. The van der Waals surface area contributed by atoms with Crippen molar-refractivity contribution >= 4 is 39.1 Å². The third-order valence-corrected chi connectivity index (χ3v) is 4.22. The van der Waals surface area contributed by atoms with Crippen molar-refractivity contribution in [1.29, 1.82) is 0 Å². The van der Waals surface area contributed by atoms with Crippen molar-refractivity contribution < 1.29 is 4.39 Å². The third kappa shape index (κ3) is 3.25. The van der Waals surface area contributed by atoms with Gasteiger partial charge in [-0.1, -0.05) is 41.9 Å². The molecule has 0 saturated heterocycles. The summed E-state index contributed by atoms with van der Waals surface area (Å²) in [5.74, 6) is -0.345. The van der Waals surface area contributed by atoms with Crippen molar-refractivity contribution in [2.45, 2.75) is 11.8 Å². The number of hydrogen-bond donors (Lipinski definition) is 0. The van der Waals surface area contributed by atoms with Crippen molar-refractivity contribution in [3.63, 3.8) is 0 Å². The van der Waals surface area contributed by atoms with Crippen LogP contribution in [0.5, 0.6) is 0 Å². The zero-order valence-corrected chi connectivity index (χ0v) is 12.4. The first-order valence-electron chi connectivity index (χ1n) is 5.40. The van der Waals surface area contributed by atoms with Gasteiger partial charge < -0.3 is 0 Å². The molecular formula is C14H10BrCl2F. The molecular weight excluding hydrogens is 338 g/mol. The Kier molecular flexibility index (Phi) is 4.66. The second kappa shape index (κ2) is 6.05. The number of alkyl halides is 1. The van der Waals surface area contributed by atoms with Crippen LogP contribution < -0.4 is 0 Å². The molecule has 0 saturated carbocycles. The minimum Gasteiger partial charge on any atom is -0.207 e. The average Bonchev–Trinajstić information content (AvgIpc) is 2.35. The van der Waals surface area contributed by atoms with Crippen molar-refractivity contribution in [1.82, 2.24) is 0 Å². The monoisotopic (exact) mass is 346 g/mol. The smallest absolute Gasteiger partial charge is 0.129 e.